The standard InChI is InChI=1S/C30H34ClN3O4/c1-17(2)12-23-26-29(33-24(32-23)15-20-8-10-22(31)11-9-20)37-28(34-26)21-13-18(3)27(19(4)14-21)36-16-25(35)38-30(5,6)7/h8-11,13-14,17H,12,15-16H2,1-7H3. The van der Waals surface area contributed by atoms with Crippen LogP contribution in [0.2, 0.25) is 5.02 Å². The summed E-state index contributed by atoms with van der Waals surface area (Å²) in [4.78, 5) is 26.5. The van der Waals surface area contributed by atoms with E-state index in [0.717, 1.165) is 34.4 Å². The summed E-state index contributed by atoms with van der Waals surface area (Å²) in [5.74, 6) is 1.76. The fourth-order valence-corrected chi connectivity index (χ4v) is 4.37. The molecule has 0 aliphatic heterocycles. The second-order valence-corrected chi connectivity index (χ2v) is 11.4. The number of halogens is 1. The summed E-state index contributed by atoms with van der Waals surface area (Å²) in [6.45, 7) is 13.5. The van der Waals surface area contributed by atoms with Crippen molar-refractivity contribution in [2.24, 2.45) is 5.92 Å². The fraction of sp³-hybridized carbons (Fsp3) is 0.400. The zero-order valence-electron chi connectivity index (χ0n) is 23.0. The number of carbonyl (C=O) groups is 1. The first-order chi connectivity index (χ1) is 17.9. The van der Waals surface area contributed by atoms with Gasteiger partial charge in [-0.2, -0.15) is 4.98 Å². The molecule has 38 heavy (non-hydrogen) atoms. The molecule has 0 N–H and O–H groups in total. The van der Waals surface area contributed by atoms with Gasteiger partial charge in [-0.1, -0.05) is 37.6 Å². The molecule has 0 bridgehead atoms. The molecule has 8 heteroatoms. The summed E-state index contributed by atoms with van der Waals surface area (Å²) >= 11 is 6.04. The maximum Gasteiger partial charge on any atom is 0.344 e. The van der Waals surface area contributed by atoms with Crippen molar-refractivity contribution in [3.05, 3.63) is 69.6 Å². The first-order valence-corrected chi connectivity index (χ1v) is 13.1. The van der Waals surface area contributed by atoms with Crippen LogP contribution in [-0.2, 0) is 22.4 Å². The van der Waals surface area contributed by atoms with E-state index in [1.54, 1.807) is 0 Å². The second-order valence-electron chi connectivity index (χ2n) is 11.0. The van der Waals surface area contributed by atoms with Crippen LogP contribution >= 0.6 is 11.6 Å². The van der Waals surface area contributed by atoms with Crippen molar-refractivity contribution in [2.75, 3.05) is 6.61 Å². The normalized spacial score (nSPS) is 11.8. The zero-order valence-corrected chi connectivity index (χ0v) is 23.8. The van der Waals surface area contributed by atoms with Crippen molar-refractivity contribution in [1.29, 1.82) is 0 Å². The Labute approximate surface area is 228 Å². The topological polar surface area (TPSA) is 87.3 Å². The van der Waals surface area contributed by atoms with Gasteiger partial charge in [0.15, 0.2) is 12.1 Å². The van der Waals surface area contributed by atoms with Crippen LogP contribution in [0, 0.1) is 19.8 Å². The number of oxazole rings is 1. The Morgan fingerprint density at radius 3 is 2.29 bits per heavy atom. The molecule has 0 fully saturated rings. The maximum absolute atomic E-state index is 12.1. The lowest BCUT2D eigenvalue weighted by Crippen LogP contribution is -2.27. The molecule has 2 aromatic carbocycles. The molecule has 7 nitrogen and oxygen atoms in total. The molecule has 0 spiro atoms. The summed E-state index contributed by atoms with van der Waals surface area (Å²) in [6, 6.07) is 11.5. The molecule has 0 aliphatic carbocycles. The SMILES string of the molecule is Cc1cc(-c2nc3c(CC(C)C)nc(Cc4ccc(Cl)cc4)nc3o2)cc(C)c1OCC(=O)OC(C)(C)C. The molecule has 0 amide bonds. The molecule has 2 aromatic heterocycles. The Bertz CT molecular complexity index is 1430. The average Bonchev–Trinajstić information content (AvgIpc) is 3.23. The number of benzene rings is 2. The van der Waals surface area contributed by atoms with Gasteiger partial charge in [-0.25, -0.2) is 14.8 Å². The Morgan fingerprint density at radius 1 is 1.03 bits per heavy atom. The lowest BCUT2D eigenvalue weighted by molar-refractivity contribution is -0.157. The van der Waals surface area contributed by atoms with E-state index in [9.17, 15) is 4.79 Å². The van der Waals surface area contributed by atoms with Crippen molar-refractivity contribution in [3.63, 3.8) is 0 Å². The van der Waals surface area contributed by atoms with Crippen LogP contribution in [0.5, 0.6) is 5.75 Å². The molecule has 0 saturated heterocycles. The van der Waals surface area contributed by atoms with E-state index in [4.69, 9.17) is 40.4 Å². The van der Waals surface area contributed by atoms with Crippen molar-refractivity contribution in [3.8, 4) is 17.2 Å². The first-order valence-electron chi connectivity index (χ1n) is 12.7. The predicted molar refractivity (Wildman–Crippen MR) is 149 cm³/mol. The van der Waals surface area contributed by atoms with Gasteiger partial charge in [0, 0.05) is 17.0 Å². The largest absolute Gasteiger partial charge is 0.481 e. The highest BCUT2D eigenvalue weighted by molar-refractivity contribution is 6.30. The van der Waals surface area contributed by atoms with Gasteiger partial charge < -0.3 is 13.9 Å². The molecule has 0 aliphatic rings. The second kappa shape index (κ2) is 11.1. The number of hydrogen-bond donors (Lipinski definition) is 0. The van der Waals surface area contributed by atoms with E-state index >= 15 is 0 Å². The van der Waals surface area contributed by atoms with Crippen LogP contribution in [-0.4, -0.2) is 33.1 Å². The summed E-state index contributed by atoms with van der Waals surface area (Å²) in [5, 5.41) is 0.692. The van der Waals surface area contributed by atoms with E-state index in [0.29, 0.717) is 46.1 Å². The van der Waals surface area contributed by atoms with Crippen molar-refractivity contribution < 1.29 is 18.7 Å². The molecule has 0 radical (unpaired) electrons. The van der Waals surface area contributed by atoms with Gasteiger partial charge in [0.2, 0.25) is 5.89 Å². The molecular formula is C30H34ClN3O4. The Balaban J connectivity index is 1.64. The zero-order chi connectivity index (χ0) is 27.6. The molecule has 2 heterocycles. The lowest BCUT2D eigenvalue weighted by atomic mass is 10.1. The third kappa shape index (κ3) is 6.90. The monoisotopic (exact) mass is 535 g/mol. The highest BCUT2D eigenvalue weighted by Gasteiger charge is 2.20. The third-order valence-electron chi connectivity index (χ3n) is 5.72. The molecule has 4 aromatic rings. The number of carbonyl (C=O) groups excluding carboxylic acids is 1. The molecular weight excluding hydrogens is 502 g/mol. The molecule has 200 valence electrons. The maximum atomic E-state index is 12.1. The van der Waals surface area contributed by atoms with E-state index in [1.165, 1.54) is 0 Å². The summed E-state index contributed by atoms with van der Waals surface area (Å²) in [5.41, 5.74) is 5.05. The van der Waals surface area contributed by atoms with E-state index in [2.05, 4.69) is 13.8 Å². The fourth-order valence-electron chi connectivity index (χ4n) is 4.25. The van der Waals surface area contributed by atoms with Gasteiger partial charge in [0.1, 0.15) is 17.2 Å². The van der Waals surface area contributed by atoms with E-state index in [1.807, 2.05) is 71.0 Å². The number of esters is 1. The third-order valence-corrected chi connectivity index (χ3v) is 5.97. The molecule has 0 unspecified atom stereocenters. The van der Waals surface area contributed by atoms with Crippen LogP contribution in [0.25, 0.3) is 22.7 Å². The summed E-state index contributed by atoms with van der Waals surface area (Å²) in [7, 11) is 0. The summed E-state index contributed by atoms with van der Waals surface area (Å²) < 4.78 is 17.3. The van der Waals surface area contributed by atoms with Crippen molar-refractivity contribution in [2.45, 2.75) is 66.9 Å². The quantitative estimate of drug-likeness (QED) is 0.223. The Hall–Kier alpha value is -3.45. The number of aryl methyl sites for hydroxylation is 2. The van der Waals surface area contributed by atoms with Gasteiger partial charge in [-0.3, -0.25) is 0 Å². The molecule has 0 saturated carbocycles. The van der Waals surface area contributed by atoms with Gasteiger partial charge in [0.25, 0.3) is 5.71 Å². The van der Waals surface area contributed by atoms with Crippen LogP contribution < -0.4 is 4.74 Å². The van der Waals surface area contributed by atoms with Crippen molar-refractivity contribution >= 4 is 28.8 Å². The first kappa shape index (κ1) is 27.6. The minimum absolute atomic E-state index is 0.161. The van der Waals surface area contributed by atoms with Gasteiger partial charge in [-0.15, -0.1) is 0 Å². The smallest absolute Gasteiger partial charge is 0.344 e. The van der Waals surface area contributed by atoms with Crippen LogP contribution in [0.3, 0.4) is 0 Å². The molecule has 4 rings (SSSR count). The van der Waals surface area contributed by atoms with Crippen LogP contribution in [0.15, 0.2) is 40.8 Å². The Morgan fingerprint density at radius 2 is 1.68 bits per heavy atom. The van der Waals surface area contributed by atoms with Crippen LogP contribution in [0.4, 0.5) is 0 Å². The van der Waals surface area contributed by atoms with E-state index < -0.39 is 11.6 Å². The molecule has 0 atom stereocenters. The lowest BCUT2D eigenvalue weighted by Gasteiger charge is -2.20. The van der Waals surface area contributed by atoms with Gasteiger partial charge >= 0.3 is 5.97 Å². The number of rotatable bonds is 8. The van der Waals surface area contributed by atoms with Gasteiger partial charge in [-0.05, 0) is 87.9 Å². The minimum atomic E-state index is -0.562. The Kier molecular flexibility index (Phi) is 8.07. The average molecular weight is 536 g/mol. The predicted octanol–water partition coefficient (Wildman–Crippen LogP) is 7.06. The van der Waals surface area contributed by atoms with Gasteiger partial charge in [0.05, 0.1) is 5.69 Å². The highest BCUT2D eigenvalue weighted by Crippen LogP contribution is 2.32. The number of ether oxygens (including phenoxy) is 2. The number of hydrogen-bond acceptors (Lipinski definition) is 7. The number of fused-ring (bicyclic) bond motifs is 1. The van der Waals surface area contributed by atoms with Crippen LogP contribution in [0.1, 0.15) is 62.8 Å². The van der Waals surface area contributed by atoms with Crippen molar-refractivity contribution in [1.82, 2.24) is 15.0 Å². The minimum Gasteiger partial charge on any atom is -0.481 e. The van der Waals surface area contributed by atoms with E-state index in [-0.39, 0.29) is 6.61 Å². The number of aromatic nitrogens is 3. The number of nitrogens with zero attached hydrogens (tertiary/aromatic N) is 3. The highest BCUT2D eigenvalue weighted by atomic mass is 35.5. The summed E-state index contributed by atoms with van der Waals surface area (Å²) in [6.07, 6.45) is 1.32.